The lowest BCUT2D eigenvalue weighted by atomic mass is 9.77. The minimum atomic E-state index is 0.00628. The molecule has 1 aromatic heterocycles. The van der Waals surface area contributed by atoms with Gasteiger partial charge in [-0.25, -0.2) is 0 Å². The third-order valence-corrected chi connectivity index (χ3v) is 6.31. The van der Waals surface area contributed by atoms with E-state index in [0.717, 1.165) is 46.1 Å². The van der Waals surface area contributed by atoms with Gasteiger partial charge in [-0.1, -0.05) is 36.5 Å². The summed E-state index contributed by atoms with van der Waals surface area (Å²) in [6, 6.07) is 1.96. The van der Waals surface area contributed by atoms with Crippen molar-refractivity contribution in [2.45, 2.75) is 50.7 Å². The topological polar surface area (TPSA) is 21.3 Å². The molecule has 0 radical (unpaired) electrons. The minimum Gasteiger partial charge on any atom is -0.364 e. The van der Waals surface area contributed by atoms with E-state index in [1.165, 1.54) is 30.6 Å². The maximum Gasteiger partial charge on any atom is 0.100 e. The number of ether oxygens (including phenoxy) is 1. The number of rotatable bonds is 2. The van der Waals surface area contributed by atoms with E-state index in [4.69, 9.17) is 27.9 Å². The maximum atomic E-state index is 6.49. The van der Waals surface area contributed by atoms with E-state index in [2.05, 4.69) is 12.2 Å². The Hall–Kier alpha value is 0.200. The van der Waals surface area contributed by atoms with Crippen molar-refractivity contribution in [3.05, 3.63) is 20.3 Å². The van der Waals surface area contributed by atoms with E-state index in [1.54, 1.807) is 0 Å². The molecule has 1 unspecified atom stereocenters. The van der Waals surface area contributed by atoms with Gasteiger partial charge < -0.3 is 10.1 Å². The van der Waals surface area contributed by atoms with Crippen LogP contribution in [-0.4, -0.2) is 18.7 Å². The third kappa shape index (κ3) is 3.02. The Kier molecular flexibility index (Phi) is 4.63. The molecule has 2 fully saturated rings. The van der Waals surface area contributed by atoms with Crippen LogP contribution >= 0.6 is 34.5 Å². The van der Waals surface area contributed by atoms with Gasteiger partial charge in [-0.05, 0) is 37.7 Å². The molecular weight excluding hydrogens is 313 g/mol. The molecule has 0 amide bonds. The van der Waals surface area contributed by atoms with Crippen LogP contribution in [0, 0.1) is 5.92 Å². The molecule has 1 spiro atoms. The summed E-state index contributed by atoms with van der Waals surface area (Å²) < 4.78 is 7.99. The van der Waals surface area contributed by atoms with Gasteiger partial charge in [0.1, 0.15) is 4.34 Å². The van der Waals surface area contributed by atoms with Crippen LogP contribution in [0.4, 0.5) is 0 Å². The minimum absolute atomic E-state index is 0.00628. The van der Waals surface area contributed by atoms with E-state index in [9.17, 15) is 0 Å². The Labute approximate surface area is 134 Å². The normalized spacial score (nSPS) is 34.5. The second-order valence-electron chi connectivity index (χ2n) is 6.05. The van der Waals surface area contributed by atoms with Crippen LogP contribution in [0.1, 0.15) is 50.7 Å². The highest BCUT2D eigenvalue weighted by Gasteiger charge is 2.41. The molecular formula is C15H21Cl2NOS. The quantitative estimate of drug-likeness (QED) is 0.817. The SMILES string of the molecule is CCC1CCC2(CC1)CNCC(c1cc(Cl)sc1Cl)O2. The lowest BCUT2D eigenvalue weighted by Crippen LogP contribution is -2.52. The van der Waals surface area contributed by atoms with Gasteiger partial charge in [0.15, 0.2) is 0 Å². The molecule has 1 aliphatic heterocycles. The predicted octanol–water partition coefficient (Wildman–Crippen LogP) is 5.05. The summed E-state index contributed by atoms with van der Waals surface area (Å²) in [5.74, 6) is 0.879. The van der Waals surface area contributed by atoms with Crippen LogP contribution in [0.15, 0.2) is 6.07 Å². The van der Waals surface area contributed by atoms with E-state index >= 15 is 0 Å². The highest BCUT2D eigenvalue weighted by molar-refractivity contribution is 7.20. The number of hydrogen-bond acceptors (Lipinski definition) is 3. The standard InChI is InChI=1S/C15H21Cl2NOS/c1-2-10-3-5-15(6-4-10)9-18-8-12(19-15)11-7-13(16)20-14(11)17/h7,10,12,18H,2-6,8-9H2,1H3. The molecule has 1 saturated carbocycles. The highest BCUT2D eigenvalue weighted by atomic mass is 35.5. The molecule has 112 valence electrons. The summed E-state index contributed by atoms with van der Waals surface area (Å²) in [4.78, 5) is 0. The Morgan fingerprint density at radius 2 is 2.15 bits per heavy atom. The summed E-state index contributed by atoms with van der Waals surface area (Å²) in [5.41, 5.74) is 1.05. The lowest BCUT2D eigenvalue weighted by molar-refractivity contribution is -0.141. The van der Waals surface area contributed by atoms with Gasteiger partial charge in [0.25, 0.3) is 0 Å². The van der Waals surface area contributed by atoms with E-state index in [0.29, 0.717) is 0 Å². The van der Waals surface area contributed by atoms with Gasteiger partial charge in [-0.3, -0.25) is 0 Å². The van der Waals surface area contributed by atoms with Crippen molar-refractivity contribution in [1.29, 1.82) is 0 Å². The molecule has 1 N–H and O–H groups in total. The first-order valence-corrected chi connectivity index (χ1v) is 9.02. The first-order valence-electron chi connectivity index (χ1n) is 7.45. The molecule has 0 aromatic carbocycles. The number of halogens is 2. The molecule has 2 nitrogen and oxygen atoms in total. The monoisotopic (exact) mass is 333 g/mol. The predicted molar refractivity (Wildman–Crippen MR) is 86.0 cm³/mol. The summed E-state index contributed by atoms with van der Waals surface area (Å²) >= 11 is 13.8. The second-order valence-corrected chi connectivity index (χ2v) is 8.34. The largest absolute Gasteiger partial charge is 0.364 e. The average molecular weight is 334 g/mol. The number of morpholine rings is 1. The van der Waals surface area contributed by atoms with Crippen LogP contribution in [-0.2, 0) is 4.74 Å². The summed E-state index contributed by atoms with van der Waals surface area (Å²) in [6.07, 6.45) is 6.21. The summed E-state index contributed by atoms with van der Waals surface area (Å²) in [7, 11) is 0. The van der Waals surface area contributed by atoms with Gasteiger partial charge in [0.2, 0.25) is 0 Å². The summed E-state index contributed by atoms with van der Waals surface area (Å²) in [5, 5.41) is 3.54. The molecule has 3 rings (SSSR count). The molecule has 1 aromatic rings. The fourth-order valence-corrected chi connectivity index (χ4v) is 5.03. The summed E-state index contributed by atoms with van der Waals surface area (Å²) in [6.45, 7) is 4.08. The van der Waals surface area contributed by atoms with Crippen molar-refractivity contribution < 1.29 is 4.74 Å². The van der Waals surface area contributed by atoms with Crippen molar-refractivity contribution in [3.63, 3.8) is 0 Å². The third-order valence-electron chi connectivity index (χ3n) is 4.79. The fourth-order valence-electron chi connectivity index (χ4n) is 3.47. The van der Waals surface area contributed by atoms with Crippen LogP contribution in [0.5, 0.6) is 0 Å². The lowest BCUT2D eigenvalue weighted by Gasteiger charge is -2.45. The van der Waals surface area contributed by atoms with Gasteiger partial charge in [0.05, 0.1) is 16.0 Å². The molecule has 20 heavy (non-hydrogen) atoms. The Bertz CT molecular complexity index is 468. The Morgan fingerprint density at radius 1 is 1.40 bits per heavy atom. The molecule has 1 saturated heterocycles. The molecule has 2 aliphatic rings. The van der Waals surface area contributed by atoms with Crippen LogP contribution in [0.2, 0.25) is 8.67 Å². The van der Waals surface area contributed by atoms with Crippen molar-refractivity contribution in [3.8, 4) is 0 Å². The van der Waals surface area contributed by atoms with E-state index < -0.39 is 0 Å². The zero-order valence-electron chi connectivity index (χ0n) is 11.8. The van der Waals surface area contributed by atoms with E-state index in [-0.39, 0.29) is 11.7 Å². The van der Waals surface area contributed by atoms with Gasteiger partial charge in [0, 0.05) is 18.7 Å². The maximum absolute atomic E-state index is 6.49. The molecule has 1 aliphatic carbocycles. The van der Waals surface area contributed by atoms with Crippen molar-refractivity contribution in [1.82, 2.24) is 5.32 Å². The van der Waals surface area contributed by atoms with Crippen molar-refractivity contribution in [2.75, 3.05) is 13.1 Å². The van der Waals surface area contributed by atoms with Crippen molar-refractivity contribution in [2.24, 2.45) is 5.92 Å². The number of thiophene rings is 1. The first kappa shape index (κ1) is 15.1. The van der Waals surface area contributed by atoms with Gasteiger partial charge in [-0.2, -0.15) is 0 Å². The average Bonchev–Trinajstić information content (AvgIpc) is 2.79. The van der Waals surface area contributed by atoms with Crippen LogP contribution in [0.25, 0.3) is 0 Å². The number of nitrogens with one attached hydrogen (secondary N) is 1. The highest BCUT2D eigenvalue weighted by Crippen LogP contribution is 2.43. The molecule has 2 heterocycles. The molecule has 0 bridgehead atoms. The smallest absolute Gasteiger partial charge is 0.100 e. The van der Waals surface area contributed by atoms with E-state index in [1.807, 2.05) is 6.07 Å². The van der Waals surface area contributed by atoms with Crippen LogP contribution < -0.4 is 5.32 Å². The Balaban J connectivity index is 1.72. The van der Waals surface area contributed by atoms with Gasteiger partial charge in [-0.15, -0.1) is 11.3 Å². The molecule has 1 atom stereocenters. The second kappa shape index (κ2) is 6.13. The molecule has 5 heteroatoms. The van der Waals surface area contributed by atoms with Crippen LogP contribution in [0.3, 0.4) is 0 Å². The zero-order chi connectivity index (χ0) is 14.2. The zero-order valence-corrected chi connectivity index (χ0v) is 14.1. The number of hydrogen-bond donors (Lipinski definition) is 1. The first-order chi connectivity index (χ1) is 9.62. The van der Waals surface area contributed by atoms with Gasteiger partial charge >= 0.3 is 0 Å². The fraction of sp³-hybridized carbons (Fsp3) is 0.733. The van der Waals surface area contributed by atoms with Crippen molar-refractivity contribution >= 4 is 34.5 Å². The Morgan fingerprint density at radius 3 is 2.75 bits per heavy atom.